The summed E-state index contributed by atoms with van der Waals surface area (Å²) in [4.78, 5) is 21.6. The highest BCUT2D eigenvalue weighted by Crippen LogP contribution is 2.25. The molecule has 0 saturated carbocycles. The molecule has 1 atom stereocenters. The minimum Gasteiger partial charge on any atom is -0.481 e. The highest BCUT2D eigenvalue weighted by atomic mass is 35.5. The lowest BCUT2D eigenvalue weighted by Crippen LogP contribution is -2.28. The molecule has 2 N–H and O–H groups in total. The fourth-order valence-corrected chi connectivity index (χ4v) is 1.63. The molecule has 1 aromatic rings. The average molecular weight is 260 g/mol. The Labute approximate surface area is 102 Å². The summed E-state index contributed by atoms with van der Waals surface area (Å²) in [5.74, 6) is -2.28. The maximum atomic E-state index is 13.7. The monoisotopic (exact) mass is 259 g/mol. The number of hydrogen-bond acceptors (Lipinski definition) is 2. The molecule has 1 aromatic carbocycles. The van der Waals surface area contributed by atoms with E-state index in [1.165, 1.54) is 25.1 Å². The highest BCUT2D eigenvalue weighted by Gasteiger charge is 2.21. The molecule has 0 fully saturated rings. The number of aliphatic carboxylic acids is 1. The van der Waals surface area contributed by atoms with E-state index in [4.69, 9.17) is 16.7 Å². The smallest absolute Gasteiger partial charge is 0.305 e. The van der Waals surface area contributed by atoms with Crippen LogP contribution < -0.4 is 5.32 Å². The van der Waals surface area contributed by atoms with Crippen LogP contribution in [0, 0.1) is 5.82 Å². The fourth-order valence-electron chi connectivity index (χ4n) is 1.45. The van der Waals surface area contributed by atoms with Gasteiger partial charge in [-0.2, -0.15) is 0 Å². The first-order valence-electron chi connectivity index (χ1n) is 4.84. The van der Waals surface area contributed by atoms with Gasteiger partial charge >= 0.3 is 5.97 Å². The number of carboxylic acid groups (broad SMARTS) is 1. The van der Waals surface area contributed by atoms with E-state index < -0.39 is 30.2 Å². The lowest BCUT2D eigenvalue weighted by atomic mass is 10.0. The third-order valence-electron chi connectivity index (χ3n) is 2.11. The summed E-state index contributed by atoms with van der Waals surface area (Å²) < 4.78 is 13.7. The Hall–Kier alpha value is -1.62. The Morgan fingerprint density at radius 1 is 1.53 bits per heavy atom. The number of nitrogens with one attached hydrogen (secondary N) is 1. The average Bonchev–Trinajstić information content (AvgIpc) is 2.19. The lowest BCUT2D eigenvalue weighted by molar-refractivity contribution is -0.137. The van der Waals surface area contributed by atoms with E-state index in [2.05, 4.69) is 5.32 Å². The van der Waals surface area contributed by atoms with Crippen molar-refractivity contribution in [2.45, 2.75) is 19.4 Å². The van der Waals surface area contributed by atoms with Gasteiger partial charge in [0.15, 0.2) is 0 Å². The molecule has 0 bridgehead atoms. The van der Waals surface area contributed by atoms with E-state index in [-0.39, 0.29) is 10.6 Å². The van der Waals surface area contributed by atoms with Crippen LogP contribution in [-0.4, -0.2) is 17.0 Å². The van der Waals surface area contributed by atoms with Crippen LogP contribution in [0.15, 0.2) is 18.2 Å². The van der Waals surface area contributed by atoms with Crippen molar-refractivity contribution in [2.75, 3.05) is 0 Å². The number of carbonyl (C=O) groups excluding carboxylic acids is 1. The summed E-state index contributed by atoms with van der Waals surface area (Å²) in [5, 5.41) is 11.0. The Balaban J connectivity index is 3.07. The van der Waals surface area contributed by atoms with Gasteiger partial charge in [0.2, 0.25) is 5.91 Å². The zero-order valence-electron chi connectivity index (χ0n) is 9.04. The molecule has 0 heterocycles. The minimum atomic E-state index is -1.14. The molecule has 0 radical (unpaired) electrons. The van der Waals surface area contributed by atoms with Crippen molar-refractivity contribution in [1.82, 2.24) is 5.32 Å². The van der Waals surface area contributed by atoms with Gasteiger partial charge in [0.1, 0.15) is 5.82 Å². The molecule has 0 aliphatic carbocycles. The molecule has 1 rings (SSSR count). The summed E-state index contributed by atoms with van der Waals surface area (Å²) in [6.45, 7) is 1.23. The van der Waals surface area contributed by atoms with Gasteiger partial charge in [0.25, 0.3) is 0 Å². The van der Waals surface area contributed by atoms with E-state index in [0.717, 1.165) is 0 Å². The SMILES string of the molecule is CC(=O)NC(CC(=O)O)c1cccc(Cl)c1F. The number of carbonyl (C=O) groups is 2. The number of halogens is 2. The Kier molecular flexibility index (Phi) is 4.45. The van der Waals surface area contributed by atoms with E-state index in [9.17, 15) is 14.0 Å². The molecule has 0 saturated heterocycles. The van der Waals surface area contributed by atoms with Crippen molar-refractivity contribution in [1.29, 1.82) is 0 Å². The number of hydrogen-bond donors (Lipinski definition) is 2. The van der Waals surface area contributed by atoms with Gasteiger partial charge in [-0.15, -0.1) is 0 Å². The zero-order valence-corrected chi connectivity index (χ0v) is 9.79. The first-order valence-corrected chi connectivity index (χ1v) is 5.22. The van der Waals surface area contributed by atoms with Crippen LogP contribution in [0.2, 0.25) is 5.02 Å². The number of amides is 1. The number of carboxylic acids is 1. The number of benzene rings is 1. The summed E-state index contributed by atoms with van der Waals surface area (Å²) in [7, 11) is 0. The van der Waals surface area contributed by atoms with E-state index in [0.29, 0.717) is 0 Å². The van der Waals surface area contributed by atoms with Gasteiger partial charge in [0.05, 0.1) is 17.5 Å². The van der Waals surface area contributed by atoms with Gasteiger partial charge < -0.3 is 10.4 Å². The number of rotatable bonds is 4. The van der Waals surface area contributed by atoms with Crippen molar-refractivity contribution in [3.63, 3.8) is 0 Å². The molecule has 6 heteroatoms. The van der Waals surface area contributed by atoms with Gasteiger partial charge in [-0.05, 0) is 6.07 Å². The standard InChI is InChI=1S/C11H11ClFNO3/c1-6(15)14-9(5-10(16)17)7-3-2-4-8(12)11(7)13/h2-4,9H,5H2,1H3,(H,14,15)(H,16,17). The molecule has 1 amide bonds. The summed E-state index contributed by atoms with van der Waals surface area (Å²) in [5.41, 5.74) is 0.0649. The molecule has 0 spiro atoms. The van der Waals surface area contributed by atoms with Crippen LogP contribution in [0.3, 0.4) is 0 Å². The highest BCUT2D eigenvalue weighted by molar-refractivity contribution is 6.30. The lowest BCUT2D eigenvalue weighted by Gasteiger charge is -2.17. The van der Waals surface area contributed by atoms with Crippen molar-refractivity contribution in [3.05, 3.63) is 34.6 Å². The van der Waals surface area contributed by atoms with Crippen LogP contribution >= 0.6 is 11.6 Å². The Morgan fingerprint density at radius 3 is 2.71 bits per heavy atom. The normalized spacial score (nSPS) is 11.9. The van der Waals surface area contributed by atoms with Crippen LogP contribution in [0.25, 0.3) is 0 Å². The van der Waals surface area contributed by atoms with Crippen molar-refractivity contribution in [3.8, 4) is 0 Å². The molecular formula is C11H11ClFNO3. The summed E-state index contributed by atoms with van der Waals surface area (Å²) in [6, 6.07) is 3.32. The van der Waals surface area contributed by atoms with Crippen molar-refractivity contribution in [2.24, 2.45) is 0 Å². The van der Waals surface area contributed by atoms with Gasteiger partial charge in [0, 0.05) is 12.5 Å². The van der Waals surface area contributed by atoms with Crippen LogP contribution in [-0.2, 0) is 9.59 Å². The zero-order chi connectivity index (χ0) is 13.0. The fraction of sp³-hybridized carbons (Fsp3) is 0.273. The van der Waals surface area contributed by atoms with Crippen molar-refractivity contribution >= 4 is 23.5 Å². The predicted octanol–water partition coefficient (Wildman–Crippen LogP) is 2.13. The third-order valence-corrected chi connectivity index (χ3v) is 2.41. The maximum absolute atomic E-state index is 13.7. The second kappa shape index (κ2) is 5.63. The summed E-state index contributed by atoms with van der Waals surface area (Å²) >= 11 is 5.60. The van der Waals surface area contributed by atoms with Gasteiger partial charge in [-0.25, -0.2) is 4.39 Å². The minimum absolute atomic E-state index is 0.0649. The second-order valence-electron chi connectivity index (χ2n) is 3.49. The molecule has 92 valence electrons. The first kappa shape index (κ1) is 13.4. The Bertz CT molecular complexity index is 434. The van der Waals surface area contributed by atoms with Gasteiger partial charge in [-0.3, -0.25) is 9.59 Å². The molecule has 1 unspecified atom stereocenters. The predicted molar refractivity (Wildman–Crippen MR) is 60.2 cm³/mol. The van der Waals surface area contributed by atoms with Crippen LogP contribution in [0.5, 0.6) is 0 Å². The van der Waals surface area contributed by atoms with Crippen LogP contribution in [0.1, 0.15) is 24.9 Å². The maximum Gasteiger partial charge on any atom is 0.305 e. The second-order valence-corrected chi connectivity index (χ2v) is 3.90. The van der Waals surface area contributed by atoms with E-state index in [1.54, 1.807) is 0 Å². The van der Waals surface area contributed by atoms with E-state index >= 15 is 0 Å². The van der Waals surface area contributed by atoms with Crippen LogP contribution in [0.4, 0.5) is 4.39 Å². The first-order chi connectivity index (χ1) is 7.91. The third kappa shape index (κ3) is 3.71. The molecule has 17 heavy (non-hydrogen) atoms. The molecular weight excluding hydrogens is 249 g/mol. The largest absolute Gasteiger partial charge is 0.481 e. The Morgan fingerprint density at radius 2 is 2.18 bits per heavy atom. The topological polar surface area (TPSA) is 66.4 Å². The molecule has 4 nitrogen and oxygen atoms in total. The quantitative estimate of drug-likeness (QED) is 0.870. The summed E-state index contributed by atoms with van der Waals surface area (Å²) in [6.07, 6.45) is -0.406. The molecule has 0 aliphatic rings. The van der Waals surface area contributed by atoms with Gasteiger partial charge in [-0.1, -0.05) is 23.7 Å². The molecule has 0 aromatic heterocycles. The van der Waals surface area contributed by atoms with Crippen molar-refractivity contribution < 1.29 is 19.1 Å². The molecule has 0 aliphatic heterocycles. The van der Waals surface area contributed by atoms with E-state index in [1.807, 2.05) is 0 Å².